The summed E-state index contributed by atoms with van der Waals surface area (Å²) in [6.45, 7) is 0. The number of hydrazone groups is 1. The van der Waals surface area contributed by atoms with Gasteiger partial charge in [-0.15, -0.1) is 5.10 Å². The lowest BCUT2D eigenvalue weighted by molar-refractivity contribution is 0.890. The highest BCUT2D eigenvalue weighted by molar-refractivity contribution is 5.77. The fraction of sp³-hybridized carbons (Fsp3) is 0. The number of pyridine rings is 1. The molecule has 0 unspecified atom stereocenters. The van der Waals surface area contributed by atoms with Crippen molar-refractivity contribution in [3.05, 3.63) is 50.9 Å². The highest BCUT2D eigenvalue weighted by atomic mass is 16.2. The fourth-order valence-electron chi connectivity index (χ4n) is 1.04. The van der Waals surface area contributed by atoms with E-state index in [1.807, 2.05) is 4.98 Å². The van der Waals surface area contributed by atoms with Crippen molar-refractivity contribution >= 4 is 12.0 Å². The number of nitrogens with zero attached hydrogens (tertiary/aromatic N) is 3. The summed E-state index contributed by atoms with van der Waals surface area (Å²) in [5.41, 5.74) is 1.70. The molecular formula is C9H8N6O2. The molecule has 2 heterocycles. The van der Waals surface area contributed by atoms with Crippen molar-refractivity contribution < 1.29 is 0 Å². The van der Waals surface area contributed by atoms with Gasteiger partial charge in [0.25, 0.3) is 5.56 Å². The van der Waals surface area contributed by atoms with Crippen LogP contribution in [0.15, 0.2) is 39.1 Å². The van der Waals surface area contributed by atoms with Crippen molar-refractivity contribution in [1.29, 1.82) is 0 Å². The summed E-state index contributed by atoms with van der Waals surface area (Å²) in [5, 5.41) is 9.32. The molecule has 0 aliphatic carbocycles. The van der Waals surface area contributed by atoms with Crippen molar-refractivity contribution in [2.45, 2.75) is 0 Å². The van der Waals surface area contributed by atoms with Crippen molar-refractivity contribution in [3.8, 4) is 0 Å². The van der Waals surface area contributed by atoms with Gasteiger partial charge in [0.15, 0.2) is 0 Å². The molecule has 2 aromatic rings. The Bertz CT molecular complexity index is 630. The second kappa shape index (κ2) is 4.84. The zero-order valence-corrected chi connectivity index (χ0v) is 8.54. The Morgan fingerprint density at radius 3 is 2.94 bits per heavy atom. The number of anilines is 1. The highest BCUT2D eigenvalue weighted by Crippen LogP contribution is 1.90. The van der Waals surface area contributed by atoms with Gasteiger partial charge in [0, 0.05) is 6.20 Å². The van der Waals surface area contributed by atoms with Crippen LogP contribution in [0, 0.1) is 0 Å². The summed E-state index contributed by atoms with van der Waals surface area (Å²) in [5.74, 6) is -0.100. The molecule has 0 atom stereocenters. The van der Waals surface area contributed by atoms with E-state index in [1.165, 1.54) is 6.21 Å². The summed E-state index contributed by atoms with van der Waals surface area (Å²) < 4.78 is 0. The minimum Gasteiger partial charge on any atom is -0.270 e. The molecule has 8 nitrogen and oxygen atoms in total. The zero-order chi connectivity index (χ0) is 12.1. The first-order chi connectivity index (χ1) is 8.25. The van der Waals surface area contributed by atoms with E-state index < -0.39 is 11.2 Å². The summed E-state index contributed by atoms with van der Waals surface area (Å²) in [4.78, 5) is 27.9. The Balaban J connectivity index is 2.10. The van der Waals surface area contributed by atoms with E-state index >= 15 is 0 Å². The molecule has 0 amide bonds. The molecule has 17 heavy (non-hydrogen) atoms. The van der Waals surface area contributed by atoms with Gasteiger partial charge in [-0.05, 0) is 12.1 Å². The van der Waals surface area contributed by atoms with Crippen LogP contribution in [0.5, 0.6) is 0 Å². The summed E-state index contributed by atoms with van der Waals surface area (Å²) in [6, 6.07) is 5.33. The van der Waals surface area contributed by atoms with Crippen molar-refractivity contribution in [2.24, 2.45) is 5.10 Å². The Kier molecular flexibility index (Phi) is 3.05. The van der Waals surface area contributed by atoms with Gasteiger partial charge in [-0.25, -0.2) is 9.89 Å². The molecule has 0 spiro atoms. The summed E-state index contributed by atoms with van der Waals surface area (Å²) in [7, 11) is 0. The summed E-state index contributed by atoms with van der Waals surface area (Å²) >= 11 is 0. The highest BCUT2D eigenvalue weighted by Gasteiger charge is 1.98. The Morgan fingerprint density at radius 2 is 2.24 bits per heavy atom. The second-order valence-electron chi connectivity index (χ2n) is 2.98. The maximum absolute atomic E-state index is 11.2. The van der Waals surface area contributed by atoms with Gasteiger partial charge in [-0.1, -0.05) is 6.07 Å². The van der Waals surface area contributed by atoms with Crippen LogP contribution in [-0.4, -0.2) is 26.4 Å². The van der Waals surface area contributed by atoms with Crippen LogP contribution in [-0.2, 0) is 0 Å². The lowest BCUT2D eigenvalue weighted by Gasteiger charge is -1.95. The van der Waals surface area contributed by atoms with E-state index in [2.05, 4.69) is 25.7 Å². The topological polar surface area (TPSA) is 116 Å². The van der Waals surface area contributed by atoms with Crippen LogP contribution >= 0.6 is 0 Å². The number of aromatic nitrogens is 4. The van der Waals surface area contributed by atoms with Crippen LogP contribution in [0.1, 0.15) is 5.69 Å². The van der Waals surface area contributed by atoms with E-state index in [0.717, 1.165) is 0 Å². The van der Waals surface area contributed by atoms with E-state index in [0.29, 0.717) is 5.69 Å². The fourth-order valence-corrected chi connectivity index (χ4v) is 1.04. The lowest BCUT2D eigenvalue weighted by Crippen LogP contribution is -2.25. The molecule has 0 aliphatic heterocycles. The number of hydrogen-bond donors (Lipinski definition) is 3. The SMILES string of the molecule is O=c1[nH]nc(N/N=C/c2ccccn2)c(=O)[nH]1. The first-order valence-corrected chi connectivity index (χ1v) is 4.65. The number of nitrogens with one attached hydrogen (secondary N) is 3. The molecule has 0 aromatic carbocycles. The molecular weight excluding hydrogens is 224 g/mol. The molecule has 0 fully saturated rings. The van der Waals surface area contributed by atoms with Gasteiger partial charge >= 0.3 is 5.69 Å². The van der Waals surface area contributed by atoms with Crippen molar-refractivity contribution in [2.75, 3.05) is 5.43 Å². The number of aromatic amines is 2. The standard InChI is InChI=1S/C9H8N6O2/c16-8-7(14-15-9(17)12-8)13-11-5-6-3-1-2-4-10-6/h1-5H,(H,13,14)(H2,12,15,16,17)/b11-5+. The molecule has 0 saturated heterocycles. The van der Waals surface area contributed by atoms with E-state index in [1.54, 1.807) is 24.4 Å². The smallest absolute Gasteiger partial charge is 0.270 e. The van der Waals surface area contributed by atoms with Crippen molar-refractivity contribution in [3.63, 3.8) is 0 Å². The Labute approximate surface area is 94.4 Å². The van der Waals surface area contributed by atoms with E-state index in [-0.39, 0.29) is 5.82 Å². The third kappa shape index (κ3) is 2.84. The molecule has 3 N–H and O–H groups in total. The van der Waals surface area contributed by atoms with Crippen molar-refractivity contribution in [1.82, 2.24) is 20.2 Å². The summed E-state index contributed by atoms with van der Waals surface area (Å²) in [6.07, 6.45) is 3.04. The van der Waals surface area contributed by atoms with E-state index in [9.17, 15) is 9.59 Å². The van der Waals surface area contributed by atoms with Crippen LogP contribution in [0.2, 0.25) is 0 Å². The van der Waals surface area contributed by atoms with Gasteiger partial charge in [0.2, 0.25) is 5.82 Å². The molecule has 0 bridgehead atoms. The first-order valence-electron chi connectivity index (χ1n) is 4.65. The lowest BCUT2D eigenvalue weighted by atomic mass is 10.4. The largest absolute Gasteiger partial charge is 0.342 e. The average molecular weight is 232 g/mol. The minimum atomic E-state index is -0.672. The first kappa shape index (κ1) is 10.7. The van der Waals surface area contributed by atoms with Gasteiger partial charge in [-0.2, -0.15) is 5.10 Å². The third-order valence-electron chi connectivity index (χ3n) is 1.77. The number of hydrogen-bond acceptors (Lipinski definition) is 6. The Hall–Kier alpha value is -2.77. The average Bonchev–Trinajstić information content (AvgIpc) is 2.33. The van der Waals surface area contributed by atoms with Crippen LogP contribution in [0.3, 0.4) is 0 Å². The predicted molar refractivity (Wildman–Crippen MR) is 60.9 cm³/mol. The molecule has 2 aromatic heterocycles. The quantitative estimate of drug-likeness (QED) is 0.478. The second-order valence-corrected chi connectivity index (χ2v) is 2.98. The molecule has 86 valence electrons. The van der Waals surface area contributed by atoms with E-state index in [4.69, 9.17) is 0 Å². The number of rotatable bonds is 3. The van der Waals surface area contributed by atoms with Gasteiger partial charge in [-0.3, -0.25) is 20.2 Å². The molecule has 0 aliphatic rings. The van der Waals surface area contributed by atoms with Crippen LogP contribution in [0.25, 0.3) is 0 Å². The maximum atomic E-state index is 11.2. The number of H-pyrrole nitrogens is 2. The van der Waals surface area contributed by atoms with Gasteiger partial charge in [0.05, 0.1) is 11.9 Å². The predicted octanol–water partition coefficient (Wildman–Crippen LogP) is -0.701. The molecule has 0 saturated carbocycles. The normalized spacial score (nSPS) is 10.6. The third-order valence-corrected chi connectivity index (χ3v) is 1.77. The Morgan fingerprint density at radius 1 is 1.35 bits per heavy atom. The maximum Gasteiger partial charge on any atom is 0.342 e. The monoisotopic (exact) mass is 232 g/mol. The minimum absolute atomic E-state index is 0.100. The van der Waals surface area contributed by atoms with Crippen LogP contribution in [0.4, 0.5) is 5.82 Å². The zero-order valence-electron chi connectivity index (χ0n) is 8.54. The van der Waals surface area contributed by atoms with Gasteiger partial charge < -0.3 is 0 Å². The molecule has 0 radical (unpaired) electrons. The molecule has 2 rings (SSSR count). The van der Waals surface area contributed by atoms with Gasteiger partial charge in [0.1, 0.15) is 0 Å². The molecule has 8 heteroatoms. The van der Waals surface area contributed by atoms with Crippen LogP contribution < -0.4 is 16.7 Å².